The maximum Gasteiger partial charge on any atom is 0.271 e. The summed E-state index contributed by atoms with van der Waals surface area (Å²) in [6.07, 6.45) is 0.714. The Hall–Kier alpha value is -2.17. The topological polar surface area (TPSA) is 61.8 Å². The van der Waals surface area contributed by atoms with Crippen molar-refractivity contribution in [3.05, 3.63) is 29.3 Å². The third-order valence-electron chi connectivity index (χ3n) is 3.63. The summed E-state index contributed by atoms with van der Waals surface area (Å²) >= 11 is 0. The molecule has 0 unspecified atom stereocenters. The number of rotatable bonds is 3. The third kappa shape index (κ3) is 3.29. The van der Waals surface area contributed by atoms with Crippen molar-refractivity contribution in [2.24, 2.45) is 5.10 Å². The van der Waals surface area contributed by atoms with Crippen LogP contribution >= 0.6 is 0 Å². The molecule has 2 rings (SSSR count). The Morgan fingerprint density at radius 1 is 1.33 bits per heavy atom. The van der Waals surface area contributed by atoms with E-state index >= 15 is 0 Å². The molecular formula is C16H21N3O2. The van der Waals surface area contributed by atoms with Crippen LogP contribution in [0.4, 0.5) is 5.69 Å². The van der Waals surface area contributed by atoms with Gasteiger partial charge in [-0.15, -0.1) is 0 Å². The van der Waals surface area contributed by atoms with E-state index in [-0.39, 0.29) is 11.8 Å². The lowest BCUT2D eigenvalue weighted by atomic mass is 9.98. The van der Waals surface area contributed by atoms with Crippen LogP contribution in [0.5, 0.6) is 0 Å². The zero-order chi connectivity index (χ0) is 15.6. The van der Waals surface area contributed by atoms with E-state index in [2.05, 4.69) is 24.3 Å². The van der Waals surface area contributed by atoms with E-state index in [1.165, 1.54) is 5.01 Å². The van der Waals surface area contributed by atoms with Crippen molar-refractivity contribution in [1.29, 1.82) is 0 Å². The SMILES string of the molecule is Cc1cccc(C(C)C)c1NC(=O)C1=NN(C)C(=O)CC1. The fourth-order valence-corrected chi connectivity index (χ4v) is 2.36. The van der Waals surface area contributed by atoms with Crippen molar-refractivity contribution < 1.29 is 9.59 Å². The molecule has 21 heavy (non-hydrogen) atoms. The first-order valence-electron chi connectivity index (χ1n) is 7.15. The molecular weight excluding hydrogens is 266 g/mol. The molecule has 0 aliphatic carbocycles. The second kappa shape index (κ2) is 6.08. The van der Waals surface area contributed by atoms with Gasteiger partial charge in [0, 0.05) is 25.6 Å². The summed E-state index contributed by atoms with van der Waals surface area (Å²) < 4.78 is 0. The standard InChI is InChI=1S/C16H21N3O2/c1-10(2)12-7-5-6-11(3)15(12)17-16(21)13-8-9-14(20)19(4)18-13/h5-7,10H,8-9H2,1-4H3,(H,17,21). The van der Waals surface area contributed by atoms with Gasteiger partial charge in [-0.25, -0.2) is 5.01 Å². The van der Waals surface area contributed by atoms with Gasteiger partial charge >= 0.3 is 0 Å². The summed E-state index contributed by atoms with van der Waals surface area (Å²) in [5.74, 6) is 0.0219. The highest BCUT2D eigenvalue weighted by molar-refractivity contribution is 6.43. The van der Waals surface area contributed by atoms with Gasteiger partial charge in [0.2, 0.25) is 5.91 Å². The van der Waals surface area contributed by atoms with Crippen molar-refractivity contribution in [3.63, 3.8) is 0 Å². The number of hydrogen-bond donors (Lipinski definition) is 1. The molecule has 1 aliphatic rings. The minimum Gasteiger partial charge on any atom is -0.320 e. The summed E-state index contributed by atoms with van der Waals surface area (Å²) in [4.78, 5) is 23.8. The van der Waals surface area contributed by atoms with Crippen LogP contribution in [-0.4, -0.2) is 29.6 Å². The number of hydrazone groups is 1. The molecule has 1 aromatic carbocycles. The highest BCUT2D eigenvalue weighted by atomic mass is 16.2. The smallest absolute Gasteiger partial charge is 0.271 e. The van der Waals surface area contributed by atoms with Gasteiger partial charge in [-0.2, -0.15) is 5.10 Å². The number of nitrogens with zero attached hydrogens (tertiary/aromatic N) is 2. The van der Waals surface area contributed by atoms with Crippen LogP contribution in [0, 0.1) is 6.92 Å². The molecule has 0 saturated heterocycles. The van der Waals surface area contributed by atoms with Crippen molar-refractivity contribution in [1.82, 2.24) is 5.01 Å². The fraction of sp³-hybridized carbons (Fsp3) is 0.438. The molecule has 0 atom stereocenters. The highest BCUT2D eigenvalue weighted by Gasteiger charge is 2.23. The van der Waals surface area contributed by atoms with E-state index < -0.39 is 0 Å². The number of para-hydroxylation sites is 1. The number of benzene rings is 1. The Morgan fingerprint density at radius 2 is 2.05 bits per heavy atom. The van der Waals surface area contributed by atoms with Crippen molar-refractivity contribution in [2.45, 2.75) is 39.5 Å². The first kappa shape index (κ1) is 15.2. The zero-order valence-corrected chi connectivity index (χ0v) is 12.9. The van der Waals surface area contributed by atoms with E-state index in [0.29, 0.717) is 24.5 Å². The van der Waals surface area contributed by atoms with Gasteiger partial charge in [-0.1, -0.05) is 32.0 Å². The molecule has 1 aromatic rings. The molecule has 2 amide bonds. The Morgan fingerprint density at radius 3 is 2.67 bits per heavy atom. The summed E-state index contributed by atoms with van der Waals surface area (Å²) in [7, 11) is 1.57. The number of carbonyl (C=O) groups excluding carboxylic acids is 2. The first-order chi connectivity index (χ1) is 9.90. The average Bonchev–Trinajstić information content (AvgIpc) is 2.43. The quantitative estimate of drug-likeness (QED) is 0.929. The molecule has 1 heterocycles. The lowest BCUT2D eigenvalue weighted by molar-refractivity contribution is -0.130. The van der Waals surface area contributed by atoms with Gasteiger partial charge in [-0.3, -0.25) is 9.59 Å². The van der Waals surface area contributed by atoms with E-state index in [0.717, 1.165) is 16.8 Å². The molecule has 0 spiro atoms. The van der Waals surface area contributed by atoms with Crippen molar-refractivity contribution in [2.75, 3.05) is 12.4 Å². The van der Waals surface area contributed by atoms with Gasteiger partial charge in [0.25, 0.3) is 5.91 Å². The molecule has 5 heteroatoms. The molecule has 0 saturated carbocycles. The Bertz CT molecular complexity index is 606. The Kier molecular flexibility index (Phi) is 4.40. The molecule has 112 valence electrons. The minimum atomic E-state index is -0.231. The van der Waals surface area contributed by atoms with Gasteiger partial charge in [-0.05, 0) is 24.0 Å². The van der Waals surface area contributed by atoms with Crippen LogP contribution in [0.1, 0.15) is 43.7 Å². The zero-order valence-electron chi connectivity index (χ0n) is 12.9. The van der Waals surface area contributed by atoms with Gasteiger partial charge in [0.1, 0.15) is 5.71 Å². The Labute approximate surface area is 125 Å². The first-order valence-corrected chi connectivity index (χ1v) is 7.15. The van der Waals surface area contributed by atoms with Crippen LogP contribution in [0.2, 0.25) is 0 Å². The molecule has 5 nitrogen and oxygen atoms in total. The van der Waals surface area contributed by atoms with Gasteiger partial charge in [0.05, 0.1) is 0 Å². The predicted molar refractivity (Wildman–Crippen MR) is 83.3 cm³/mol. The van der Waals surface area contributed by atoms with E-state index in [9.17, 15) is 9.59 Å². The van der Waals surface area contributed by atoms with Gasteiger partial charge < -0.3 is 5.32 Å². The van der Waals surface area contributed by atoms with Crippen LogP contribution < -0.4 is 5.32 Å². The number of aryl methyl sites for hydroxylation is 1. The Balaban J connectivity index is 2.25. The highest BCUT2D eigenvalue weighted by Crippen LogP contribution is 2.27. The lowest BCUT2D eigenvalue weighted by Crippen LogP contribution is -2.34. The largest absolute Gasteiger partial charge is 0.320 e. The maximum absolute atomic E-state index is 12.4. The van der Waals surface area contributed by atoms with Crippen LogP contribution in [0.3, 0.4) is 0 Å². The molecule has 1 aliphatic heterocycles. The lowest BCUT2D eigenvalue weighted by Gasteiger charge is -2.21. The minimum absolute atomic E-state index is 0.0645. The monoisotopic (exact) mass is 287 g/mol. The van der Waals surface area contributed by atoms with E-state index in [1.807, 2.05) is 25.1 Å². The van der Waals surface area contributed by atoms with Crippen LogP contribution in [0.25, 0.3) is 0 Å². The molecule has 0 aromatic heterocycles. The number of hydrogen-bond acceptors (Lipinski definition) is 3. The second-order valence-electron chi connectivity index (χ2n) is 5.61. The summed E-state index contributed by atoms with van der Waals surface area (Å²) in [5, 5.41) is 8.25. The number of amides is 2. The summed E-state index contributed by atoms with van der Waals surface area (Å²) in [6, 6.07) is 5.98. The number of carbonyl (C=O) groups is 2. The molecule has 1 N–H and O–H groups in total. The maximum atomic E-state index is 12.4. The van der Waals surface area contributed by atoms with Crippen LogP contribution in [-0.2, 0) is 9.59 Å². The third-order valence-corrected chi connectivity index (χ3v) is 3.63. The van der Waals surface area contributed by atoms with Gasteiger partial charge in [0.15, 0.2) is 0 Å². The molecule has 0 radical (unpaired) electrons. The van der Waals surface area contributed by atoms with Crippen molar-refractivity contribution in [3.8, 4) is 0 Å². The normalized spacial score (nSPS) is 15.2. The number of nitrogens with one attached hydrogen (secondary N) is 1. The summed E-state index contributed by atoms with van der Waals surface area (Å²) in [6.45, 7) is 6.16. The predicted octanol–water partition coefficient (Wildman–Crippen LogP) is 2.67. The average molecular weight is 287 g/mol. The van der Waals surface area contributed by atoms with E-state index in [4.69, 9.17) is 0 Å². The fourth-order valence-electron chi connectivity index (χ4n) is 2.36. The van der Waals surface area contributed by atoms with Crippen LogP contribution in [0.15, 0.2) is 23.3 Å². The summed E-state index contributed by atoms with van der Waals surface area (Å²) in [5.41, 5.74) is 3.37. The van der Waals surface area contributed by atoms with E-state index in [1.54, 1.807) is 7.05 Å². The second-order valence-corrected chi connectivity index (χ2v) is 5.61. The molecule has 0 bridgehead atoms. The number of anilines is 1. The van der Waals surface area contributed by atoms with Crippen molar-refractivity contribution >= 4 is 23.2 Å². The molecule has 0 fully saturated rings.